The molecule has 0 fully saturated rings. The topological polar surface area (TPSA) is 106 Å². The molecule has 1 aromatic heterocycles. The van der Waals surface area contributed by atoms with Crippen molar-refractivity contribution >= 4 is 11.8 Å². The summed E-state index contributed by atoms with van der Waals surface area (Å²) in [4.78, 5) is 27.3. The Labute approximate surface area is 104 Å². The van der Waals surface area contributed by atoms with E-state index in [4.69, 9.17) is 10.2 Å². The largest absolute Gasteiger partial charge is 0.395 e. The maximum Gasteiger partial charge on any atom is 0.274 e. The number of nitrogens with zero attached hydrogens (tertiary/aromatic N) is 1. The van der Waals surface area contributed by atoms with E-state index in [-0.39, 0.29) is 32.8 Å². The summed E-state index contributed by atoms with van der Waals surface area (Å²) in [5, 5.41) is 19.8. The predicted molar refractivity (Wildman–Crippen MR) is 63.9 cm³/mol. The molecule has 0 atom stereocenters. The zero-order valence-electron chi connectivity index (χ0n) is 9.93. The van der Waals surface area contributed by atoms with Gasteiger partial charge in [0.25, 0.3) is 5.91 Å². The van der Waals surface area contributed by atoms with E-state index in [2.05, 4.69) is 10.3 Å². The molecule has 2 amide bonds. The lowest BCUT2D eigenvalue weighted by molar-refractivity contribution is -0.121. The third-order valence-corrected chi connectivity index (χ3v) is 2.30. The minimum absolute atomic E-state index is 0.0480. The summed E-state index contributed by atoms with van der Waals surface area (Å²) in [5.41, 5.74) is 0.305. The second-order valence-corrected chi connectivity index (χ2v) is 3.68. The van der Waals surface area contributed by atoms with Crippen molar-refractivity contribution < 1.29 is 19.8 Å². The van der Waals surface area contributed by atoms with Crippen LogP contribution in [0.1, 0.15) is 10.5 Å². The summed E-state index contributed by atoms with van der Waals surface area (Å²) >= 11 is 0. The highest BCUT2D eigenvalue weighted by atomic mass is 16.3. The molecule has 4 N–H and O–H groups in total. The van der Waals surface area contributed by atoms with Gasteiger partial charge in [0.05, 0.1) is 19.8 Å². The number of aromatic nitrogens is 1. The minimum atomic E-state index is -0.502. The lowest BCUT2D eigenvalue weighted by Crippen LogP contribution is -2.42. The van der Waals surface area contributed by atoms with Crippen molar-refractivity contribution in [2.24, 2.45) is 0 Å². The molecule has 18 heavy (non-hydrogen) atoms. The Morgan fingerprint density at radius 2 is 1.94 bits per heavy atom. The smallest absolute Gasteiger partial charge is 0.274 e. The van der Waals surface area contributed by atoms with E-state index in [1.807, 2.05) is 0 Å². The highest BCUT2D eigenvalue weighted by Crippen LogP contribution is 1.94. The molecule has 1 rings (SSSR count). The Morgan fingerprint density at radius 1 is 1.28 bits per heavy atom. The fourth-order valence-corrected chi connectivity index (χ4v) is 1.46. The summed E-state index contributed by atoms with van der Waals surface area (Å²) in [6.07, 6.45) is 1.59. The molecule has 0 spiro atoms. The van der Waals surface area contributed by atoms with Crippen molar-refractivity contribution in [2.45, 2.75) is 0 Å². The number of nitrogens with one attached hydrogen (secondary N) is 2. The fourth-order valence-electron chi connectivity index (χ4n) is 1.46. The molecule has 0 radical (unpaired) electrons. The maximum absolute atomic E-state index is 11.6. The molecule has 0 unspecified atom stereocenters. The van der Waals surface area contributed by atoms with Crippen LogP contribution in [0.3, 0.4) is 0 Å². The van der Waals surface area contributed by atoms with Crippen molar-refractivity contribution in [3.05, 3.63) is 24.0 Å². The number of imide groups is 1. The summed E-state index contributed by atoms with van der Waals surface area (Å²) in [7, 11) is 0. The number of rotatable bonds is 7. The average Bonchev–Trinajstić information content (AvgIpc) is 2.82. The van der Waals surface area contributed by atoms with Crippen molar-refractivity contribution in [1.82, 2.24) is 15.2 Å². The Morgan fingerprint density at radius 3 is 2.44 bits per heavy atom. The Kier molecular flexibility index (Phi) is 6.06. The van der Waals surface area contributed by atoms with Crippen LogP contribution in [-0.4, -0.2) is 64.8 Å². The first-order chi connectivity index (χ1) is 8.67. The number of amides is 2. The molecule has 7 heteroatoms. The van der Waals surface area contributed by atoms with Crippen molar-refractivity contribution in [1.29, 1.82) is 0 Å². The number of aliphatic hydroxyl groups excluding tert-OH is 2. The van der Waals surface area contributed by atoms with Gasteiger partial charge < -0.3 is 15.2 Å². The van der Waals surface area contributed by atoms with Crippen LogP contribution in [-0.2, 0) is 4.79 Å². The molecule has 0 aliphatic rings. The summed E-state index contributed by atoms with van der Waals surface area (Å²) in [6.45, 7) is 0.263. The fraction of sp³-hybridized carbons (Fsp3) is 0.455. The van der Waals surface area contributed by atoms with Gasteiger partial charge in [-0.25, -0.2) is 0 Å². The van der Waals surface area contributed by atoms with Crippen LogP contribution in [0.4, 0.5) is 0 Å². The third-order valence-electron chi connectivity index (χ3n) is 2.30. The van der Waals surface area contributed by atoms with Crippen LogP contribution < -0.4 is 5.32 Å². The number of aromatic amines is 1. The first-order valence-corrected chi connectivity index (χ1v) is 5.59. The van der Waals surface area contributed by atoms with E-state index < -0.39 is 11.8 Å². The predicted octanol–water partition coefficient (Wildman–Crippen LogP) is -1.44. The summed E-state index contributed by atoms with van der Waals surface area (Å²) < 4.78 is 0. The van der Waals surface area contributed by atoms with Crippen LogP contribution in [0.15, 0.2) is 18.3 Å². The lowest BCUT2D eigenvalue weighted by atomic mass is 10.4. The molecule has 1 heterocycles. The first-order valence-electron chi connectivity index (χ1n) is 5.59. The van der Waals surface area contributed by atoms with Gasteiger partial charge >= 0.3 is 0 Å². The van der Waals surface area contributed by atoms with Gasteiger partial charge in [-0.2, -0.15) is 0 Å². The van der Waals surface area contributed by atoms with Crippen LogP contribution in [0.5, 0.6) is 0 Å². The second-order valence-electron chi connectivity index (χ2n) is 3.68. The molecule has 0 bridgehead atoms. The molecule has 0 saturated heterocycles. The van der Waals surface area contributed by atoms with Gasteiger partial charge in [0.15, 0.2) is 0 Å². The van der Waals surface area contributed by atoms with Crippen LogP contribution in [0, 0.1) is 0 Å². The van der Waals surface area contributed by atoms with Gasteiger partial charge in [-0.3, -0.25) is 19.8 Å². The van der Waals surface area contributed by atoms with Gasteiger partial charge in [0, 0.05) is 19.3 Å². The van der Waals surface area contributed by atoms with Crippen molar-refractivity contribution in [3.8, 4) is 0 Å². The number of H-pyrrole nitrogens is 1. The average molecular weight is 255 g/mol. The zero-order chi connectivity index (χ0) is 13.4. The summed E-state index contributed by atoms with van der Waals surface area (Å²) in [5.74, 6) is -0.977. The molecule has 0 saturated carbocycles. The van der Waals surface area contributed by atoms with Gasteiger partial charge in [0.2, 0.25) is 5.91 Å². The van der Waals surface area contributed by atoms with Crippen LogP contribution in [0.25, 0.3) is 0 Å². The van der Waals surface area contributed by atoms with E-state index >= 15 is 0 Å². The molecule has 1 aromatic rings. The summed E-state index contributed by atoms with van der Waals surface area (Å²) in [6, 6.07) is 3.21. The standard InChI is InChI=1S/C11H17N3O4/c15-6-4-14(5-7-16)8-10(17)13-11(18)9-2-1-3-12-9/h1-3,12,15-16H,4-8H2,(H,13,17,18). The Hall–Kier alpha value is -1.70. The SMILES string of the molecule is O=C(CN(CCO)CCO)NC(=O)c1ccc[nH]1. The highest BCUT2D eigenvalue weighted by Gasteiger charge is 2.14. The molecule has 0 aliphatic carbocycles. The number of hydrogen-bond donors (Lipinski definition) is 4. The normalized spacial score (nSPS) is 10.6. The molecular formula is C11H17N3O4. The molecular weight excluding hydrogens is 238 g/mol. The zero-order valence-corrected chi connectivity index (χ0v) is 9.93. The van der Waals surface area contributed by atoms with E-state index in [9.17, 15) is 9.59 Å². The molecule has 7 nitrogen and oxygen atoms in total. The van der Waals surface area contributed by atoms with Gasteiger partial charge in [-0.1, -0.05) is 0 Å². The highest BCUT2D eigenvalue weighted by molar-refractivity contribution is 6.04. The monoisotopic (exact) mass is 255 g/mol. The van der Waals surface area contributed by atoms with E-state index in [1.165, 1.54) is 0 Å². The van der Waals surface area contributed by atoms with E-state index in [0.717, 1.165) is 0 Å². The van der Waals surface area contributed by atoms with Gasteiger partial charge in [0.1, 0.15) is 5.69 Å². The second kappa shape index (κ2) is 7.59. The third kappa shape index (κ3) is 4.66. The Bertz CT molecular complexity index is 372. The molecule has 0 aromatic carbocycles. The number of carbonyl (C=O) groups is 2. The molecule has 100 valence electrons. The van der Waals surface area contributed by atoms with E-state index in [1.54, 1.807) is 23.2 Å². The van der Waals surface area contributed by atoms with Gasteiger partial charge in [-0.15, -0.1) is 0 Å². The number of aliphatic hydroxyl groups is 2. The van der Waals surface area contributed by atoms with Gasteiger partial charge in [-0.05, 0) is 12.1 Å². The first kappa shape index (κ1) is 14.4. The van der Waals surface area contributed by atoms with Crippen LogP contribution >= 0.6 is 0 Å². The van der Waals surface area contributed by atoms with Crippen molar-refractivity contribution in [3.63, 3.8) is 0 Å². The quantitative estimate of drug-likeness (QED) is 0.477. The number of carbonyl (C=O) groups excluding carboxylic acids is 2. The number of hydrogen-bond acceptors (Lipinski definition) is 5. The van der Waals surface area contributed by atoms with E-state index in [0.29, 0.717) is 5.69 Å². The maximum atomic E-state index is 11.6. The van der Waals surface area contributed by atoms with Crippen LogP contribution in [0.2, 0.25) is 0 Å². The van der Waals surface area contributed by atoms with Crippen molar-refractivity contribution in [2.75, 3.05) is 32.8 Å². The Balaban J connectivity index is 2.42. The molecule has 0 aliphatic heterocycles. The lowest BCUT2D eigenvalue weighted by Gasteiger charge is -2.18. The minimum Gasteiger partial charge on any atom is -0.395 e.